The van der Waals surface area contributed by atoms with Crippen molar-refractivity contribution in [3.8, 4) is 5.75 Å². The fourth-order valence-electron chi connectivity index (χ4n) is 1.66. The van der Waals surface area contributed by atoms with Crippen LogP contribution < -0.4 is 10.5 Å². The average molecular weight is 233 g/mol. The van der Waals surface area contributed by atoms with E-state index in [1.165, 1.54) is 0 Å². The normalized spacial score (nSPS) is 10.6. The van der Waals surface area contributed by atoms with Crippen LogP contribution in [0.2, 0.25) is 0 Å². The van der Waals surface area contributed by atoms with Crippen LogP contribution in [0.15, 0.2) is 18.2 Å². The predicted molar refractivity (Wildman–Crippen MR) is 64.8 cm³/mol. The molecule has 0 saturated carbocycles. The van der Waals surface area contributed by atoms with E-state index in [2.05, 4.69) is 9.97 Å². The number of benzene rings is 1. The molecule has 2 rings (SSSR count). The van der Waals surface area contributed by atoms with Gasteiger partial charge < -0.3 is 15.5 Å². The summed E-state index contributed by atoms with van der Waals surface area (Å²) in [7, 11) is 0. The summed E-state index contributed by atoms with van der Waals surface area (Å²) in [4.78, 5) is 18.2. The van der Waals surface area contributed by atoms with Crippen molar-refractivity contribution in [1.82, 2.24) is 9.97 Å². The van der Waals surface area contributed by atoms with Gasteiger partial charge in [0.1, 0.15) is 11.6 Å². The lowest BCUT2D eigenvalue weighted by Crippen LogP contribution is -2.11. The molecule has 3 N–H and O–H groups in total. The van der Waals surface area contributed by atoms with E-state index in [0.29, 0.717) is 19.4 Å². The van der Waals surface area contributed by atoms with Crippen LogP contribution in [0.3, 0.4) is 0 Å². The molecule has 2 aromatic rings. The topological polar surface area (TPSA) is 81.0 Å². The summed E-state index contributed by atoms with van der Waals surface area (Å²) in [6, 6.07) is 5.68. The van der Waals surface area contributed by atoms with Gasteiger partial charge in [-0.3, -0.25) is 4.79 Å². The molecule has 5 nitrogen and oxygen atoms in total. The summed E-state index contributed by atoms with van der Waals surface area (Å²) in [6.45, 7) is 2.57. The number of fused-ring (bicyclic) bond motifs is 1. The molecule has 0 spiro atoms. The van der Waals surface area contributed by atoms with E-state index < -0.39 is 0 Å². The van der Waals surface area contributed by atoms with E-state index >= 15 is 0 Å². The molecule has 0 fully saturated rings. The summed E-state index contributed by atoms with van der Waals surface area (Å²) < 4.78 is 5.40. The maximum absolute atomic E-state index is 10.7. The fraction of sp³-hybridized carbons (Fsp3) is 0.333. The van der Waals surface area contributed by atoms with Crippen LogP contribution in [0.5, 0.6) is 5.75 Å². The zero-order chi connectivity index (χ0) is 12.3. The lowest BCUT2D eigenvalue weighted by Gasteiger charge is -2.00. The Hall–Kier alpha value is -2.04. The van der Waals surface area contributed by atoms with Crippen LogP contribution in [-0.2, 0) is 11.2 Å². The monoisotopic (exact) mass is 233 g/mol. The second-order valence-electron chi connectivity index (χ2n) is 3.76. The number of nitrogens with two attached hydrogens (primary N) is 1. The number of primary amides is 1. The Kier molecular flexibility index (Phi) is 3.27. The molecule has 1 heterocycles. The highest BCUT2D eigenvalue weighted by atomic mass is 16.5. The molecule has 1 aromatic heterocycles. The fourth-order valence-corrected chi connectivity index (χ4v) is 1.66. The van der Waals surface area contributed by atoms with E-state index in [1.54, 1.807) is 0 Å². The van der Waals surface area contributed by atoms with Gasteiger partial charge in [-0.25, -0.2) is 4.98 Å². The number of nitrogens with zero attached hydrogens (tertiary/aromatic N) is 1. The second kappa shape index (κ2) is 4.86. The number of nitrogens with one attached hydrogen (secondary N) is 1. The summed E-state index contributed by atoms with van der Waals surface area (Å²) in [5.41, 5.74) is 6.88. The summed E-state index contributed by atoms with van der Waals surface area (Å²) in [5.74, 6) is 1.26. The molecule has 0 aliphatic heterocycles. The van der Waals surface area contributed by atoms with Crippen LogP contribution in [0.1, 0.15) is 19.2 Å². The third-order valence-corrected chi connectivity index (χ3v) is 2.42. The Morgan fingerprint density at radius 3 is 3.06 bits per heavy atom. The Bertz CT molecular complexity index is 534. The average Bonchev–Trinajstić information content (AvgIpc) is 2.69. The molecule has 5 heteroatoms. The number of carbonyl (C=O) groups is 1. The van der Waals surface area contributed by atoms with Crippen molar-refractivity contribution < 1.29 is 9.53 Å². The standard InChI is InChI=1S/C12H15N3O2/c1-2-17-8-3-4-9-10(7-8)15-12(14-9)6-5-11(13)16/h3-4,7H,2,5-6H2,1H3,(H2,13,16)(H,14,15). The quantitative estimate of drug-likeness (QED) is 0.818. The molecule has 0 bridgehead atoms. The Labute approximate surface area is 99.0 Å². The van der Waals surface area contributed by atoms with E-state index in [-0.39, 0.29) is 5.91 Å². The molecule has 17 heavy (non-hydrogen) atoms. The first-order chi connectivity index (χ1) is 8.19. The number of H-pyrrole nitrogens is 1. The number of ether oxygens (including phenoxy) is 1. The number of aromatic amines is 1. The largest absolute Gasteiger partial charge is 0.494 e. The van der Waals surface area contributed by atoms with Gasteiger partial charge in [-0.1, -0.05) is 0 Å². The van der Waals surface area contributed by atoms with Crippen molar-refractivity contribution in [2.24, 2.45) is 5.73 Å². The summed E-state index contributed by atoms with van der Waals surface area (Å²) in [5, 5.41) is 0. The van der Waals surface area contributed by atoms with Gasteiger partial charge in [0, 0.05) is 18.9 Å². The van der Waals surface area contributed by atoms with Crippen LogP contribution in [0, 0.1) is 0 Å². The lowest BCUT2D eigenvalue weighted by molar-refractivity contribution is -0.118. The number of hydrogen-bond acceptors (Lipinski definition) is 3. The maximum atomic E-state index is 10.7. The van der Waals surface area contributed by atoms with Gasteiger partial charge in [0.05, 0.1) is 17.6 Å². The van der Waals surface area contributed by atoms with E-state index in [0.717, 1.165) is 22.6 Å². The van der Waals surface area contributed by atoms with Gasteiger partial charge >= 0.3 is 0 Å². The zero-order valence-electron chi connectivity index (χ0n) is 9.69. The Morgan fingerprint density at radius 1 is 1.53 bits per heavy atom. The molecule has 1 amide bonds. The molecular weight excluding hydrogens is 218 g/mol. The van der Waals surface area contributed by atoms with E-state index in [1.807, 2.05) is 25.1 Å². The smallest absolute Gasteiger partial charge is 0.217 e. The first kappa shape index (κ1) is 11.4. The molecule has 0 radical (unpaired) electrons. The van der Waals surface area contributed by atoms with Gasteiger partial charge in [-0.2, -0.15) is 0 Å². The van der Waals surface area contributed by atoms with Crippen LogP contribution in [-0.4, -0.2) is 22.5 Å². The molecule has 0 atom stereocenters. The van der Waals surface area contributed by atoms with Crippen molar-refractivity contribution in [3.05, 3.63) is 24.0 Å². The number of aryl methyl sites for hydroxylation is 1. The van der Waals surface area contributed by atoms with Crippen LogP contribution in [0.25, 0.3) is 11.0 Å². The third-order valence-electron chi connectivity index (χ3n) is 2.42. The van der Waals surface area contributed by atoms with Gasteiger partial charge in [0.15, 0.2) is 0 Å². The minimum atomic E-state index is -0.319. The van der Waals surface area contributed by atoms with E-state index in [9.17, 15) is 4.79 Å². The first-order valence-corrected chi connectivity index (χ1v) is 5.59. The van der Waals surface area contributed by atoms with Gasteiger partial charge in [-0.15, -0.1) is 0 Å². The van der Waals surface area contributed by atoms with Gasteiger partial charge in [0.25, 0.3) is 0 Å². The Morgan fingerprint density at radius 2 is 2.35 bits per heavy atom. The van der Waals surface area contributed by atoms with Crippen molar-refractivity contribution in [2.45, 2.75) is 19.8 Å². The highest BCUT2D eigenvalue weighted by Gasteiger charge is 2.05. The van der Waals surface area contributed by atoms with Gasteiger partial charge in [-0.05, 0) is 19.1 Å². The number of amides is 1. The molecule has 0 saturated heterocycles. The van der Waals surface area contributed by atoms with E-state index in [4.69, 9.17) is 10.5 Å². The molecule has 0 unspecified atom stereocenters. The predicted octanol–water partition coefficient (Wildman–Crippen LogP) is 1.38. The third kappa shape index (κ3) is 2.75. The minimum Gasteiger partial charge on any atom is -0.494 e. The number of hydrogen-bond donors (Lipinski definition) is 2. The molecular formula is C12H15N3O2. The van der Waals surface area contributed by atoms with Crippen LogP contribution in [0.4, 0.5) is 0 Å². The second-order valence-corrected chi connectivity index (χ2v) is 3.76. The minimum absolute atomic E-state index is 0.304. The number of aromatic nitrogens is 2. The van der Waals surface area contributed by atoms with Crippen molar-refractivity contribution in [3.63, 3.8) is 0 Å². The number of imidazole rings is 1. The van der Waals surface area contributed by atoms with Crippen molar-refractivity contribution in [1.29, 1.82) is 0 Å². The lowest BCUT2D eigenvalue weighted by atomic mass is 10.3. The Balaban J connectivity index is 2.21. The SMILES string of the molecule is CCOc1ccc2nc(CCC(N)=O)[nH]c2c1. The summed E-state index contributed by atoms with van der Waals surface area (Å²) in [6.07, 6.45) is 0.839. The highest BCUT2D eigenvalue weighted by molar-refractivity contribution is 5.77. The molecule has 1 aromatic carbocycles. The molecule has 90 valence electrons. The first-order valence-electron chi connectivity index (χ1n) is 5.59. The maximum Gasteiger partial charge on any atom is 0.217 e. The van der Waals surface area contributed by atoms with Crippen molar-refractivity contribution in [2.75, 3.05) is 6.61 Å². The number of carbonyl (C=O) groups excluding carboxylic acids is 1. The molecule has 0 aliphatic rings. The van der Waals surface area contributed by atoms with Crippen LogP contribution >= 0.6 is 0 Å². The summed E-state index contributed by atoms with van der Waals surface area (Å²) >= 11 is 0. The zero-order valence-corrected chi connectivity index (χ0v) is 9.69. The highest BCUT2D eigenvalue weighted by Crippen LogP contribution is 2.19. The van der Waals surface area contributed by atoms with Gasteiger partial charge in [0.2, 0.25) is 5.91 Å². The van der Waals surface area contributed by atoms with Crippen molar-refractivity contribution >= 4 is 16.9 Å². The molecule has 0 aliphatic carbocycles. The number of rotatable bonds is 5.